The smallest absolute Gasteiger partial charge is 0.200 e. The summed E-state index contributed by atoms with van der Waals surface area (Å²) >= 11 is 1.37. The Kier molecular flexibility index (Phi) is 5.65. The first kappa shape index (κ1) is 19.2. The summed E-state index contributed by atoms with van der Waals surface area (Å²) in [6.07, 6.45) is 3.37. The largest absolute Gasteiger partial charge is 0.461 e. The number of hydrogen-bond donors (Lipinski definition) is 0. The number of rotatable bonds is 7. The molecule has 0 aliphatic carbocycles. The summed E-state index contributed by atoms with van der Waals surface area (Å²) in [5.41, 5.74) is 1.98. The molecule has 2 heterocycles. The number of carbonyl (C=O) groups excluding carboxylic acids is 1. The van der Waals surface area contributed by atoms with E-state index in [-0.39, 0.29) is 11.2 Å². The van der Waals surface area contributed by atoms with E-state index in [0.29, 0.717) is 34.6 Å². The summed E-state index contributed by atoms with van der Waals surface area (Å²) in [5, 5.41) is 9.09. The molecule has 3 rings (SSSR count). The number of thioether (sulfide) groups is 1. The summed E-state index contributed by atoms with van der Waals surface area (Å²) in [5.74, 6) is 1.63. The van der Waals surface area contributed by atoms with E-state index in [1.54, 1.807) is 18.4 Å². The molecule has 0 radical (unpaired) electrons. The van der Waals surface area contributed by atoms with Crippen LogP contribution in [0.15, 0.2) is 64.9 Å². The van der Waals surface area contributed by atoms with Gasteiger partial charge in [0.1, 0.15) is 0 Å². The van der Waals surface area contributed by atoms with E-state index in [2.05, 4.69) is 37.5 Å². The Labute approximate surface area is 163 Å². The minimum Gasteiger partial charge on any atom is -0.461 e. The van der Waals surface area contributed by atoms with E-state index in [4.69, 9.17) is 4.42 Å². The maximum atomic E-state index is 12.6. The maximum Gasteiger partial charge on any atom is 0.200 e. The Morgan fingerprint density at radius 2 is 1.96 bits per heavy atom. The van der Waals surface area contributed by atoms with Crippen molar-refractivity contribution in [1.82, 2.24) is 14.8 Å². The normalized spacial score (nSPS) is 11.5. The van der Waals surface area contributed by atoms with Crippen LogP contribution in [0.25, 0.3) is 11.6 Å². The van der Waals surface area contributed by atoms with Crippen LogP contribution >= 0.6 is 11.8 Å². The monoisotopic (exact) mass is 381 g/mol. The lowest BCUT2D eigenvalue weighted by Crippen LogP contribution is -2.11. The number of Topliss-reactive ketones (excluding diaryl/α,β-unsaturated/α-hetero) is 1. The molecule has 0 spiro atoms. The van der Waals surface area contributed by atoms with Crippen molar-refractivity contribution in [1.29, 1.82) is 0 Å². The summed E-state index contributed by atoms with van der Waals surface area (Å²) in [4.78, 5) is 12.6. The zero-order valence-corrected chi connectivity index (χ0v) is 16.6. The first-order valence-electron chi connectivity index (χ1n) is 8.74. The molecule has 0 saturated heterocycles. The van der Waals surface area contributed by atoms with Crippen LogP contribution in [0.5, 0.6) is 0 Å². The number of aromatic nitrogens is 3. The fraction of sp³-hybridized carbons (Fsp3) is 0.286. The molecule has 0 fully saturated rings. The van der Waals surface area contributed by atoms with Crippen molar-refractivity contribution in [3.63, 3.8) is 0 Å². The van der Waals surface area contributed by atoms with Gasteiger partial charge in [-0.05, 0) is 23.1 Å². The lowest BCUT2D eigenvalue weighted by atomic mass is 9.86. The van der Waals surface area contributed by atoms with Crippen molar-refractivity contribution in [3.05, 3.63) is 66.4 Å². The molecular formula is C21H23N3O2S. The molecule has 27 heavy (non-hydrogen) atoms. The van der Waals surface area contributed by atoms with Gasteiger partial charge in [0.15, 0.2) is 16.7 Å². The number of carbonyl (C=O) groups is 1. The van der Waals surface area contributed by atoms with Gasteiger partial charge in [0.2, 0.25) is 5.82 Å². The van der Waals surface area contributed by atoms with E-state index in [1.807, 2.05) is 34.9 Å². The second-order valence-electron chi connectivity index (χ2n) is 7.22. The van der Waals surface area contributed by atoms with E-state index in [9.17, 15) is 4.79 Å². The summed E-state index contributed by atoms with van der Waals surface area (Å²) in [7, 11) is 0. The van der Waals surface area contributed by atoms with Crippen LogP contribution < -0.4 is 0 Å². The highest BCUT2D eigenvalue weighted by molar-refractivity contribution is 7.99. The average Bonchev–Trinajstić information content (AvgIpc) is 3.29. The molecule has 0 aliphatic heterocycles. The third kappa shape index (κ3) is 4.39. The minimum atomic E-state index is 0.0631. The number of ketones is 1. The average molecular weight is 382 g/mol. The van der Waals surface area contributed by atoms with E-state index < -0.39 is 0 Å². The van der Waals surface area contributed by atoms with Crippen molar-refractivity contribution in [3.8, 4) is 11.6 Å². The quantitative estimate of drug-likeness (QED) is 0.327. The highest BCUT2D eigenvalue weighted by atomic mass is 32.2. The third-order valence-corrected chi connectivity index (χ3v) is 5.14. The first-order valence-corrected chi connectivity index (χ1v) is 9.73. The van der Waals surface area contributed by atoms with Crippen LogP contribution in [0.3, 0.4) is 0 Å². The van der Waals surface area contributed by atoms with Gasteiger partial charge in [-0.2, -0.15) is 0 Å². The number of nitrogens with zero attached hydrogens (tertiary/aromatic N) is 3. The molecule has 0 N–H and O–H groups in total. The van der Waals surface area contributed by atoms with Crippen LogP contribution in [0.2, 0.25) is 0 Å². The summed E-state index contributed by atoms with van der Waals surface area (Å²) in [6, 6.07) is 11.5. The summed E-state index contributed by atoms with van der Waals surface area (Å²) < 4.78 is 7.31. The molecule has 0 atom stereocenters. The Morgan fingerprint density at radius 1 is 1.22 bits per heavy atom. The van der Waals surface area contributed by atoms with E-state index in [0.717, 1.165) is 0 Å². The number of allylic oxidation sites excluding steroid dienone is 1. The predicted molar refractivity (Wildman–Crippen MR) is 108 cm³/mol. The lowest BCUT2D eigenvalue weighted by Gasteiger charge is -2.18. The minimum absolute atomic E-state index is 0.0631. The van der Waals surface area contributed by atoms with Crippen molar-refractivity contribution in [2.75, 3.05) is 5.75 Å². The SMILES string of the molecule is C=CCn1c(SCC(=O)c2ccc(C(C)(C)C)cc2)nnc1-c1ccco1. The van der Waals surface area contributed by atoms with Gasteiger partial charge >= 0.3 is 0 Å². The number of furan rings is 1. The number of benzene rings is 1. The Balaban J connectivity index is 1.73. The third-order valence-electron chi connectivity index (χ3n) is 4.18. The van der Waals surface area contributed by atoms with Gasteiger partial charge in [-0.25, -0.2) is 0 Å². The molecule has 2 aromatic heterocycles. The van der Waals surface area contributed by atoms with Gasteiger partial charge in [0.25, 0.3) is 0 Å². The maximum absolute atomic E-state index is 12.6. The van der Waals surface area contributed by atoms with Gasteiger partial charge in [0.05, 0.1) is 12.0 Å². The highest BCUT2D eigenvalue weighted by Gasteiger charge is 2.18. The fourth-order valence-electron chi connectivity index (χ4n) is 2.65. The van der Waals surface area contributed by atoms with Gasteiger partial charge in [-0.3, -0.25) is 9.36 Å². The fourth-order valence-corrected chi connectivity index (χ4v) is 3.49. The Morgan fingerprint density at radius 3 is 2.56 bits per heavy atom. The van der Waals surface area contributed by atoms with Gasteiger partial charge in [0, 0.05) is 12.1 Å². The summed E-state index contributed by atoms with van der Waals surface area (Å²) in [6.45, 7) is 10.8. The first-order chi connectivity index (χ1) is 12.9. The number of hydrogen-bond acceptors (Lipinski definition) is 5. The van der Waals surface area contributed by atoms with Crippen molar-refractivity contribution >= 4 is 17.5 Å². The second kappa shape index (κ2) is 7.96. The van der Waals surface area contributed by atoms with Crippen LogP contribution in [0, 0.1) is 0 Å². The molecule has 3 aromatic rings. The second-order valence-corrected chi connectivity index (χ2v) is 8.16. The molecule has 140 valence electrons. The van der Waals surface area contributed by atoms with Gasteiger partial charge < -0.3 is 4.42 Å². The van der Waals surface area contributed by atoms with Crippen LogP contribution in [0.1, 0.15) is 36.7 Å². The van der Waals surface area contributed by atoms with Gasteiger partial charge in [-0.1, -0.05) is 62.9 Å². The molecule has 0 amide bonds. The zero-order chi connectivity index (χ0) is 19.4. The molecule has 0 saturated carbocycles. The Hall–Kier alpha value is -2.60. The van der Waals surface area contributed by atoms with Crippen LogP contribution in [-0.2, 0) is 12.0 Å². The molecular weight excluding hydrogens is 358 g/mol. The van der Waals surface area contributed by atoms with Crippen LogP contribution in [-0.4, -0.2) is 26.3 Å². The van der Waals surface area contributed by atoms with E-state index >= 15 is 0 Å². The highest BCUT2D eigenvalue weighted by Crippen LogP contribution is 2.26. The van der Waals surface area contributed by atoms with Crippen molar-refractivity contribution in [2.45, 2.75) is 37.9 Å². The molecule has 0 bridgehead atoms. The molecule has 0 aliphatic rings. The van der Waals surface area contributed by atoms with E-state index in [1.165, 1.54) is 17.3 Å². The molecule has 1 aromatic carbocycles. The van der Waals surface area contributed by atoms with Gasteiger partial charge in [-0.15, -0.1) is 16.8 Å². The molecule has 0 unspecified atom stereocenters. The molecule has 5 nitrogen and oxygen atoms in total. The lowest BCUT2D eigenvalue weighted by molar-refractivity contribution is 0.102. The predicted octanol–water partition coefficient (Wildman–Crippen LogP) is 5.00. The van der Waals surface area contributed by atoms with Crippen molar-refractivity contribution in [2.24, 2.45) is 0 Å². The topological polar surface area (TPSA) is 60.9 Å². The zero-order valence-electron chi connectivity index (χ0n) is 15.8. The van der Waals surface area contributed by atoms with Crippen molar-refractivity contribution < 1.29 is 9.21 Å². The molecule has 6 heteroatoms. The standard InChI is InChI=1S/C21H23N3O2S/c1-5-12-24-19(18-7-6-13-26-18)22-23-20(24)27-14-17(25)15-8-10-16(11-9-15)21(2,3)4/h5-11,13H,1,12,14H2,2-4H3. The van der Waals surface area contributed by atoms with Crippen LogP contribution in [0.4, 0.5) is 0 Å². The Bertz CT molecular complexity index is 919.